The van der Waals surface area contributed by atoms with E-state index in [0.717, 1.165) is 17.7 Å². The normalized spacial score (nSPS) is 37.1. The van der Waals surface area contributed by atoms with Crippen molar-refractivity contribution in [1.82, 2.24) is 4.90 Å². The molecule has 2 bridgehead atoms. The van der Waals surface area contributed by atoms with E-state index < -0.39 is 22.5 Å². The molecule has 1 saturated heterocycles. The summed E-state index contributed by atoms with van der Waals surface area (Å²) in [5.41, 5.74) is 1.95. The lowest BCUT2D eigenvalue weighted by Crippen LogP contribution is -2.79. The lowest BCUT2D eigenvalue weighted by Gasteiger charge is -2.64. The number of aromatic hydroxyl groups is 1. The first-order valence-electron chi connectivity index (χ1n) is 11.0. The number of piperidine rings is 1. The Morgan fingerprint density at radius 2 is 1.83 bits per heavy atom. The topological polar surface area (TPSA) is 70.0 Å². The zero-order valence-electron chi connectivity index (χ0n) is 17.0. The molecule has 0 radical (unpaired) electrons. The molecule has 1 saturated carbocycles. The van der Waals surface area contributed by atoms with E-state index >= 15 is 0 Å². The molecule has 7 rings (SSSR count). The highest BCUT2D eigenvalue weighted by Gasteiger charge is 2.77. The number of hydrogen-bond acceptors (Lipinski definition) is 5. The molecule has 5 nitrogen and oxygen atoms in total. The maximum atomic E-state index is 14.1. The second-order valence-corrected chi connectivity index (χ2v) is 10.2. The van der Waals surface area contributed by atoms with Gasteiger partial charge in [0.25, 0.3) is 0 Å². The molecule has 2 heterocycles. The number of benzene rings is 2. The molecule has 5 heteroatoms. The Labute approximate surface area is 175 Å². The minimum absolute atomic E-state index is 0.0611. The van der Waals surface area contributed by atoms with Gasteiger partial charge in [0.2, 0.25) is 0 Å². The van der Waals surface area contributed by atoms with E-state index in [1.165, 1.54) is 11.1 Å². The third-order valence-electron chi connectivity index (χ3n) is 9.03. The van der Waals surface area contributed by atoms with Gasteiger partial charge >= 0.3 is 0 Å². The summed E-state index contributed by atoms with van der Waals surface area (Å²) in [5.74, 6) is 0.615. The van der Waals surface area contributed by atoms with Crippen LogP contribution in [0, 0.1) is 5.41 Å². The van der Waals surface area contributed by atoms with Gasteiger partial charge in [0.1, 0.15) is 0 Å². The van der Waals surface area contributed by atoms with Crippen molar-refractivity contribution in [3.63, 3.8) is 0 Å². The average molecular weight is 403 g/mol. The van der Waals surface area contributed by atoms with Gasteiger partial charge in [-0.05, 0) is 68.5 Å². The Kier molecular flexibility index (Phi) is 2.94. The summed E-state index contributed by atoms with van der Waals surface area (Å²) in [7, 11) is 2.08. The second-order valence-electron chi connectivity index (χ2n) is 10.2. The van der Waals surface area contributed by atoms with Gasteiger partial charge in [0.15, 0.2) is 23.4 Å². The minimum atomic E-state index is -1.06. The predicted octanol–water partition coefficient (Wildman–Crippen LogP) is 2.14. The molecule has 0 aromatic heterocycles. The SMILES string of the molecule is CN1CCC23c4c5ccc(O)c4O[C@H]2C(=O)C2(Cc4ccccc4C2)C[C@@]3(O)C1C5. The summed E-state index contributed by atoms with van der Waals surface area (Å²) in [5, 5.41) is 23.1. The molecule has 3 aliphatic carbocycles. The van der Waals surface area contributed by atoms with Crippen molar-refractivity contribution in [2.45, 2.75) is 55.3 Å². The highest BCUT2D eigenvalue weighted by atomic mass is 16.5. The van der Waals surface area contributed by atoms with Crippen molar-refractivity contribution in [3.8, 4) is 11.5 Å². The highest BCUT2D eigenvalue weighted by Crippen LogP contribution is 2.68. The van der Waals surface area contributed by atoms with Crippen LogP contribution in [0.3, 0.4) is 0 Å². The zero-order valence-corrected chi connectivity index (χ0v) is 17.0. The number of carbonyl (C=O) groups excluding carboxylic acids is 1. The number of rotatable bonds is 0. The Hall–Kier alpha value is -2.37. The standard InChI is InChI=1S/C25H25NO4/c1-26-9-8-24-19-14-6-7-17(27)20(19)30-22(24)21(28)23(13-25(24,29)18(26)10-14)11-15-4-2-3-5-16(15)12-23/h2-7,18,22,27,29H,8-13H2,1H3/t18?,22-,24?,25+/m0/s1. The van der Waals surface area contributed by atoms with Crippen LogP contribution in [0.4, 0.5) is 0 Å². The molecule has 2 aliphatic heterocycles. The summed E-state index contributed by atoms with van der Waals surface area (Å²) in [6.07, 6.45) is 2.42. The Bertz CT molecular complexity index is 1120. The lowest BCUT2D eigenvalue weighted by molar-refractivity contribution is -0.206. The monoisotopic (exact) mass is 403 g/mol. The number of nitrogens with zero attached hydrogens (tertiary/aromatic N) is 1. The van der Waals surface area contributed by atoms with Crippen LogP contribution in [0.25, 0.3) is 0 Å². The van der Waals surface area contributed by atoms with E-state index in [9.17, 15) is 15.0 Å². The van der Waals surface area contributed by atoms with E-state index in [1.807, 2.05) is 18.2 Å². The van der Waals surface area contributed by atoms with Gasteiger partial charge in [-0.1, -0.05) is 30.3 Å². The largest absolute Gasteiger partial charge is 0.504 e. The molecular formula is C25H25NO4. The van der Waals surface area contributed by atoms with E-state index in [-0.39, 0.29) is 17.6 Å². The third-order valence-corrected chi connectivity index (χ3v) is 9.03. The predicted molar refractivity (Wildman–Crippen MR) is 110 cm³/mol. The van der Waals surface area contributed by atoms with E-state index in [4.69, 9.17) is 4.74 Å². The van der Waals surface area contributed by atoms with Crippen LogP contribution in [0.15, 0.2) is 36.4 Å². The summed E-state index contributed by atoms with van der Waals surface area (Å²) in [6.45, 7) is 0.807. The number of Topliss-reactive ketones (excluding diaryl/α,β-unsaturated/α-hetero) is 1. The molecule has 5 aliphatic rings. The average Bonchev–Trinajstić information content (AvgIpc) is 3.26. The van der Waals surface area contributed by atoms with Crippen LogP contribution in [0.5, 0.6) is 11.5 Å². The summed E-state index contributed by atoms with van der Waals surface area (Å²) < 4.78 is 6.33. The smallest absolute Gasteiger partial charge is 0.181 e. The van der Waals surface area contributed by atoms with E-state index in [2.05, 4.69) is 24.1 Å². The maximum absolute atomic E-state index is 14.1. The van der Waals surface area contributed by atoms with Gasteiger partial charge in [-0.2, -0.15) is 0 Å². The highest BCUT2D eigenvalue weighted by molar-refractivity contribution is 5.96. The van der Waals surface area contributed by atoms with E-state index in [1.54, 1.807) is 6.07 Å². The molecule has 2 fully saturated rings. The number of phenols is 1. The minimum Gasteiger partial charge on any atom is -0.504 e. The maximum Gasteiger partial charge on any atom is 0.181 e. The Morgan fingerprint density at radius 3 is 2.57 bits per heavy atom. The van der Waals surface area contributed by atoms with Crippen LogP contribution in [0.2, 0.25) is 0 Å². The van der Waals surface area contributed by atoms with Crippen molar-refractivity contribution in [2.24, 2.45) is 5.41 Å². The van der Waals surface area contributed by atoms with Crippen molar-refractivity contribution < 1.29 is 19.7 Å². The van der Waals surface area contributed by atoms with Gasteiger partial charge in [0, 0.05) is 17.0 Å². The summed E-state index contributed by atoms with van der Waals surface area (Å²) in [4.78, 5) is 16.4. The van der Waals surface area contributed by atoms with Gasteiger partial charge in [-0.25, -0.2) is 0 Å². The van der Waals surface area contributed by atoms with Crippen LogP contribution >= 0.6 is 0 Å². The van der Waals surface area contributed by atoms with Gasteiger partial charge in [-0.3, -0.25) is 4.79 Å². The van der Waals surface area contributed by atoms with Crippen molar-refractivity contribution in [3.05, 3.63) is 58.7 Å². The number of likely N-dealkylation sites (N-methyl/N-ethyl adjacent to an activating group) is 1. The molecule has 2 N–H and O–H groups in total. The van der Waals surface area contributed by atoms with Gasteiger partial charge < -0.3 is 19.8 Å². The number of hydrogen-bond donors (Lipinski definition) is 2. The van der Waals surface area contributed by atoms with Crippen LogP contribution in [-0.2, 0) is 29.5 Å². The zero-order chi connectivity index (χ0) is 20.5. The van der Waals surface area contributed by atoms with Crippen molar-refractivity contribution >= 4 is 5.78 Å². The summed E-state index contributed by atoms with van der Waals surface area (Å²) >= 11 is 0. The summed E-state index contributed by atoms with van der Waals surface area (Å²) in [6, 6.07) is 11.8. The molecule has 154 valence electrons. The van der Waals surface area contributed by atoms with Crippen LogP contribution in [0.1, 0.15) is 35.1 Å². The molecule has 2 spiro atoms. The molecule has 2 aromatic carbocycles. The van der Waals surface area contributed by atoms with Gasteiger partial charge in [-0.15, -0.1) is 0 Å². The van der Waals surface area contributed by atoms with E-state index in [0.29, 0.717) is 37.9 Å². The number of ketones is 1. The lowest BCUT2D eigenvalue weighted by atomic mass is 9.44. The quantitative estimate of drug-likeness (QED) is 0.705. The molecule has 2 aromatic rings. The number of phenolic OH excluding ortho intramolecular Hbond substituents is 1. The van der Waals surface area contributed by atoms with Crippen LogP contribution in [-0.4, -0.2) is 52.2 Å². The fourth-order valence-electron chi connectivity index (χ4n) is 7.79. The number of ether oxygens (including phenoxy) is 1. The second kappa shape index (κ2) is 5.09. The third kappa shape index (κ3) is 1.67. The first-order valence-corrected chi connectivity index (χ1v) is 11.0. The molecule has 30 heavy (non-hydrogen) atoms. The number of carbonyl (C=O) groups is 1. The molecule has 0 amide bonds. The Morgan fingerprint density at radius 1 is 1.10 bits per heavy atom. The van der Waals surface area contributed by atoms with Gasteiger partial charge in [0.05, 0.1) is 11.0 Å². The van der Waals surface area contributed by atoms with Crippen molar-refractivity contribution in [2.75, 3.05) is 13.6 Å². The Balaban J connectivity index is 1.48. The number of fused-ring (bicyclic) bond motifs is 1. The van der Waals surface area contributed by atoms with Crippen LogP contribution < -0.4 is 4.74 Å². The fourth-order valence-corrected chi connectivity index (χ4v) is 7.79. The number of aliphatic hydroxyl groups is 1. The first kappa shape index (κ1) is 17.3. The first-order chi connectivity index (χ1) is 14.4. The molecular weight excluding hydrogens is 378 g/mol. The fraction of sp³-hybridized carbons (Fsp3) is 0.480. The number of likely N-dealkylation sites (tertiary alicyclic amines) is 1. The molecule has 2 unspecified atom stereocenters. The van der Waals surface area contributed by atoms with Crippen molar-refractivity contribution in [1.29, 1.82) is 0 Å². The molecule has 4 atom stereocenters.